The second kappa shape index (κ2) is 6.95. The average molecular weight is 352 g/mol. The quantitative estimate of drug-likeness (QED) is 0.725. The molecule has 6 nitrogen and oxygen atoms in total. The molecule has 0 bridgehead atoms. The number of carbonyl (C=O) groups excluding carboxylic acids is 1. The van der Waals surface area contributed by atoms with Gasteiger partial charge in [0.1, 0.15) is 5.82 Å². The number of nitrogens with zero attached hydrogens (tertiary/aromatic N) is 4. The highest BCUT2D eigenvalue weighted by molar-refractivity contribution is 5.90. The minimum Gasteiger partial charge on any atom is -0.368 e. The third kappa shape index (κ3) is 3.15. The summed E-state index contributed by atoms with van der Waals surface area (Å²) < 4.78 is 18.9. The van der Waals surface area contributed by atoms with Gasteiger partial charge in [-0.1, -0.05) is 35.5 Å². The molecule has 132 valence electrons. The Labute approximate surface area is 149 Å². The van der Waals surface area contributed by atoms with E-state index in [1.807, 2.05) is 18.2 Å². The van der Waals surface area contributed by atoms with Crippen molar-refractivity contribution >= 4 is 11.6 Å². The molecule has 1 saturated heterocycles. The van der Waals surface area contributed by atoms with Crippen LogP contribution in [0.25, 0.3) is 11.4 Å². The topological polar surface area (TPSA) is 62.5 Å². The van der Waals surface area contributed by atoms with Gasteiger partial charge >= 0.3 is 11.8 Å². The lowest BCUT2D eigenvalue weighted by molar-refractivity contribution is 0.0696. The molecule has 2 heterocycles. The highest BCUT2D eigenvalue weighted by Crippen LogP contribution is 2.20. The van der Waals surface area contributed by atoms with Gasteiger partial charge in [0.15, 0.2) is 0 Å². The van der Waals surface area contributed by atoms with Gasteiger partial charge in [0.05, 0.1) is 5.56 Å². The van der Waals surface area contributed by atoms with E-state index in [0.29, 0.717) is 13.1 Å². The van der Waals surface area contributed by atoms with Crippen LogP contribution in [0, 0.1) is 5.82 Å². The average Bonchev–Trinajstić information content (AvgIpc) is 3.18. The first-order valence-corrected chi connectivity index (χ1v) is 8.40. The minimum absolute atomic E-state index is 0.0781. The maximum atomic E-state index is 13.8. The van der Waals surface area contributed by atoms with Crippen molar-refractivity contribution in [3.63, 3.8) is 0 Å². The Bertz CT molecular complexity index is 905. The number of para-hydroxylation sites is 1. The van der Waals surface area contributed by atoms with Crippen molar-refractivity contribution in [1.29, 1.82) is 0 Å². The number of hydrogen-bond donors (Lipinski definition) is 0. The van der Waals surface area contributed by atoms with E-state index >= 15 is 0 Å². The Morgan fingerprint density at radius 1 is 0.962 bits per heavy atom. The van der Waals surface area contributed by atoms with Crippen molar-refractivity contribution in [2.75, 3.05) is 31.1 Å². The van der Waals surface area contributed by atoms with Crippen LogP contribution in [-0.4, -0.2) is 47.1 Å². The molecule has 26 heavy (non-hydrogen) atoms. The Kier molecular flexibility index (Phi) is 4.35. The largest absolute Gasteiger partial charge is 0.368 e. The first kappa shape index (κ1) is 16.3. The lowest BCUT2D eigenvalue weighted by Crippen LogP contribution is -2.48. The summed E-state index contributed by atoms with van der Waals surface area (Å²) in [6.45, 7) is 2.57. The van der Waals surface area contributed by atoms with Crippen LogP contribution in [0.15, 0.2) is 59.1 Å². The highest BCUT2D eigenvalue weighted by atomic mass is 19.1. The van der Waals surface area contributed by atoms with Crippen molar-refractivity contribution in [2.45, 2.75) is 0 Å². The minimum atomic E-state index is -0.455. The summed E-state index contributed by atoms with van der Waals surface area (Å²) in [5.41, 5.74) is 1.35. The standard InChI is InChI=1S/C19H17FN4O2/c20-16-9-5-4-8-15(16)17-21-18(26-22-17)19(25)24-12-10-23(11-13-24)14-6-2-1-3-7-14/h1-9H,10-13H2. The second-order valence-corrected chi connectivity index (χ2v) is 6.02. The monoisotopic (exact) mass is 352 g/mol. The fourth-order valence-electron chi connectivity index (χ4n) is 3.00. The SMILES string of the molecule is O=C(c1nc(-c2ccccc2F)no1)N1CCN(c2ccccc2)CC1. The van der Waals surface area contributed by atoms with Crippen LogP contribution >= 0.6 is 0 Å². The molecule has 4 rings (SSSR count). The number of halogens is 1. The maximum Gasteiger partial charge on any atom is 0.316 e. The molecular formula is C19H17FN4O2. The fourth-order valence-corrected chi connectivity index (χ4v) is 3.00. The van der Waals surface area contributed by atoms with Crippen molar-refractivity contribution in [3.8, 4) is 11.4 Å². The molecule has 3 aromatic rings. The summed E-state index contributed by atoms with van der Waals surface area (Å²) in [6, 6.07) is 16.2. The number of amides is 1. The predicted octanol–water partition coefficient (Wildman–Crippen LogP) is 2.84. The second-order valence-electron chi connectivity index (χ2n) is 6.02. The molecular weight excluding hydrogens is 335 g/mol. The first-order valence-electron chi connectivity index (χ1n) is 8.40. The van der Waals surface area contributed by atoms with Gasteiger partial charge in [-0.25, -0.2) is 4.39 Å². The van der Waals surface area contributed by atoms with Gasteiger partial charge in [-0.3, -0.25) is 4.79 Å². The number of piperazine rings is 1. The third-order valence-corrected chi connectivity index (χ3v) is 4.41. The number of rotatable bonds is 3. The molecule has 0 unspecified atom stereocenters. The van der Waals surface area contributed by atoms with E-state index in [0.717, 1.165) is 18.8 Å². The van der Waals surface area contributed by atoms with Crippen molar-refractivity contribution in [1.82, 2.24) is 15.0 Å². The van der Waals surface area contributed by atoms with E-state index in [9.17, 15) is 9.18 Å². The zero-order chi connectivity index (χ0) is 17.9. The molecule has 0 spiro atoms. The molecule has 0 aliphatic carbocycles. The van der Waals surface area contributed by atoms with E-state index in [-0.39, 0.29) is 23.2 Å². The van der Waals surface area contributed by atoms with E-state index in [1.54, 1.807) is 23.1 Å². The van der Waals surface area contributed by atoms with E-state index in [4.69, 9.17) is 4.52 Å². The fraction of sp³-hybridized carbons (Fsp3) is 0.211. The van der Waals surface area contributed by atoms with Gasteiger partial charge in [-0.15, -0.1) is 0 Å². The summed E-state index contributed by atoms with van der Waals surface area (Å²) in [5.74, 6) is -0.817. The molecule has 0 radical (unpaired) electrons. The zero-order valence-corrected chi connectivity index (χ0v) is 14.0. The highest BCUT2D eigenvalue weighted by Gasteiger charge is 2.27. The van der Waals surface area contributed by atoms with Crippen LogP contribution in [0.5, 0.6) is 0 Å². The van der Waals surface area contributed by atoms with Crippen LogP contribution in [0.1, 0.15) is 10.7 Å². The molecule has 0 N–H and O–H groups in total. The zero-order valence-electron chi connectivity index (χ0n) is 14.0. The lowest BCUT2D eigenvalue weighted by atomic mass is 10.2. The van der Waals surface area contributed by atoms with Crippen LogP contribution in [-0.2, 0) is 0 Å². The maximum absolute atomic E-state index is 13.8. The summed E-state index contributed by atoms with van der Waals surface area (Å²) in [4.78, 5) is 20.6. The normalized spacial score (nSPS) is 14.5. The molecule has 1 amide bonds. The molecule has 7 heteroatoms. The molecule has 1 fully saturated rings. The van der Waals surface area contributed by atoms with Gasteiger partial charge in [0.25, 0.3) is 0 Å². The summed E-state index contributed by atoms with van der Waals surface area (Å²) in [5, 5.41) is 3.74. The molecule has 1 aliphatic heterocycles. The summed E-state index contributed by atoms with van der Waals surface area (Å²) in [7, 11) is 0. The van der Waals surface area contributed by atoms with E-state index in [1.165, 1.54) is 6.07 Å². The molecule has 2 aromatic carbocycles. The van der Waals surface area contributed by atoms with E-state index < -0.39 is 5.82 Å². The number of aromatic nitrogens is 2. The van der Waals surface area contributed by atoms with Crippen LogP contribution in [0.3, 0.4) is 0 Å². The third-order valence-electron chi connectivity index (χ3n) is 4.41. The summed E-state index contributed by atoms with van der Waals surface area (Å²) in [6.07, 6.45) is 0. The first-order chi connectivity index (χ1) is 12.7. The number of anilines is 1. The molecule has 0 atom stereocenters. The molecule has 0 saturated carbocycles. The Hall–Kier alpha value is -3.22. The van der Waals surface area contributed by atoms with Gasteiger partial charge in [-0.2, -0.15) is 4.98 Å². The number of carbonyl (C=O) groups is 1. The Morgan fingerprint density at radius 2 is 1.65 bits per heavy atom. The van der Waals surface area contributed by atoms with Gasteiger partial charge < -0.3 is 14.3 Å². The van der Waals surface area contributed by atoms with Crippen LogP contribution < -0.4 is 4.90 Å². The van der Waals surface area contributed by atoms with Crippen LogP contribution in [0.4, 0.5) is 10.1 Å². The molecule has 1 aliphatic rings. The van der Waals surface area contributed by atoms with Crippen molar-refractivity contribution in [2.24, 2.45) is 0 Å². The Morgan fingerprint density at radius 3 is 2.38 bits per heavy atom. The van der Waals surface area contributed by atoms with Crippen LogP contribution in [0.2, 0.25) is 0 Å². The van der Waals surface area contributed by atoms with Crippen molar-refractivity contribution < 1.29 is 13.7 Å². The number of hydrogen-bond acceptors (Lipinski definition) is 5. The Balaban J connectivity index is 1.44. The van der Waals surface area contributed by atoms with Crippen molar-refractivity contribution in [3.05, 3.63) is 66.3 Å². The predicted molar refractivity (Wildman–Crippen MR) is 94.3 cm³/mol. The number of benzene rings is 2. The summed E-state index contributed by atoms with van der Waals surface area (Å²) >= 11 is 0. The van der Waals surface area contributed by atoms with Gasteiger partial charge in [0.2, 0.25) is 5.82 Å². The molecule has 1 aromatic heterocycles. The lowest BCUT2D eigenvalue weighted by Gasteiger charge is -2.35. The van der Waals surface area contributed by atoms with E-state index in [2.05, 4.69) is 27.2 Å². The van der Waals surface area contributed by atoms with Gasteiger partial charge in [0, 0.05) is 31.9 Å². The van der Waals surface area contributed by atoms with Gasteiger partial charge in [-0.05, 0) is 24.3 Å². The smallest absolute Gasteiger partial charge is 0.316 e.